The SMILES string of the molecule is CN(CCC(F)(F)F)C(=O)NC(Cc1cnc[nH]1)C(=O)O. The lowest BCUT2D eigenvalue weighted by atomic mass is 10.1. The van der Waals surface area contributed by atoms with Crippen LogP contribution < -0.4 is 5.32 Å². The third-order valence-corrected chi connectivity index (χ3v) is 2.65. The van der Waals surface area contributed by atoms with Crippen LogP contribution in [0.25, 0.3) is 0 Å². The maximum Gasteiger partial charge on any atom is 0.390 e. The molecule has 118 valence electrons. The summed E-state index contributed by atoms with van der Waals surface area (Å²) in [5.74, 6) is -1.29. The molecule has 0 aromatic carbocycles. The Balaban J connectivity index is 2.54. The molecular formula is C11H15F3N4O3. The quantitative estimate of drug-likeness (QED) is 0.730. The Hall–Kier alpha value is -2.26. The number of nitrogens with one attached hydrogen (secondary N) is 2. The van der Waals surface area contributed by atoms with Crippen LogP contribution in [0.4, 0.5) is 18.0 Å². The average molecular weight is 308 g/mol. The van der Waals surface area contributed by atoms with E-state index in [9.17, 15) is 22.8 Å². The molecule has 0 fully saturated rings. The fraction of sp³-hybridized carbons (Fsp3) is 0.545. The largest absolute Gasteiger partial charge is 0.480 e. The number of aliphatic carboxylic acids is 1. The molecule has 7 nitrogen and oxygen atoms in total. The van der Waals surface area contributed by atoms with Crippen LogP contribution in [0.2, 0.25) is 0 Å². The van der Waals surface area contributed by atoms with E-state index in [4.69, 9.17) is 5.11 Å². The number of aromatic amines is 1. The summed E-state index contributed by atoms with van der Waals surface area (Å²) in [6.45, 7) is -0.550. The molecule has 1 aromatic heterocycles. The van der Waals surface area contributed by atoms with E-state index in [-0.39, 0.29) is 6.42 Å². The third-order valence-electron chi connectivity index (χ3n) is 2.65. The van der Waals surface area contributed by atoms with Gasteiger partial charge in [-0.3, -0.25) is 0 Å². The zero-order chi connectivity index (χ0) is 16.0. The molecule has 3 N–H and O–H groups in total. The molecule has 1 atom stereocenters. The number of carboxylic acid groups (broad SMARTS) is 1. The first kappa shape index (κ1) is 16.8. The number of carboxylic acids is 1. The van der Waals surface area contributed by atoms with Gasteiger partial charge in [0.15, 0.2) is 0 Å². The van der Waals surface area contributed by atoms with Gasteiger partial charge in [-0.2, -0.15) is 13.2 Å². The fourth-order valence-corrected chi connectivity index (χ4v) is 1.47. The number of rotatable bonds is 6. The van der Waals surface area contributed by atoms with Crippen LogP contribution in [0.15, 0.2) is 12.5 Å². The predicted octanol–water partition coefficient (Wildman–Crippen LogP) is 0.999. The Labute approximate surface area is 118 Å². The normalized spacial score (nSPS) is 12.8. The highest BCUT2D eigenvalue weighted by Gasteiger charge is 2.29. The molecule has 0 bridgehead atoms. The van der Waals surface area contributed by atoms with Gasteiger partial charge < -0.3 is 20.3 Å². The molecule has 0 saturated heterocycles. The molecule has 1 unspecified atom stereocenters. The number of alkyl halides is 3. The van der Waals surface area contributed by atoms with Crippen molar-refractivity contribution in [1.82, 2.24) is 20.2 Å². The molecule has 1 rings (SSSR count). The van der Waals surface area contributed by atoms with Crippen molar-refractivity contribution in [2.24, 2.45) is 0 Å². The van der Waals surface area contributed by atoms with Crippen molar-refractivity contribution in [2.45, 2.75) is 25.1 Å². The molecule has 0 saturated carbocycles. The number of aromatic nitrogens is 2. The first-order chi connectivity index (χ1) is 9.69. The summed E-state index contributed by atoms with van der Waals surface area (Å²) in [7, 11) is 1.16. The second-order valence-corrected chi connectivity index (χ2v) is 4.41. The molecule has 1 aromatic rings. The van der Waals surface area contributed by atoms with Crippen molar-refractivity contribution in [1.29, 1.82) is 0 Å². The number of halogens is 3. The minimum absolute atomic E-state index is 0.0474. The van der Waals surface area contributed by atoms with Crippen LogP contribution in [0.3, 0.4) is 0 Å². The molecule has 0 spiro atoms. The number of nitrogens with zero attached hydrogens (tertiary/aromatic N) is 2. The number of carbonyl (C=O) groups excluding carboxylic acids is 1. The first-order valence-corrected chi connectivity index (χ1v) is 5.97. The zero-order valence-electron chi connectivity index (χ0n) is 11.1. The van der Waals surface area contributed by atoms with Crippen molar-refractivity contribution in [3.8, 4) is 0 Å². The Morgan fingerprint density at radius 1 is 1.52 bits per heavy atom. The molecular weight excluding hydrogens is 293 g/mol. The number of carbonyl (C=O) groups is 2. The zero-order valence-corrected chi connectivity index (χ0v) is 11.1. The number of imidazole rings is 1. The molecule has 21 heavy (non-hydrogen) atoms. The van der Waals surface area contributed by atoms with E-state index < -0.39 is 37.2 Å². The Morgan fingerprint density at radius 3 is 2.67 bits per heavy atom. The summed E-state index contributed by atoms with van der Waals surface area (Å²) in [4.78, 5) is 29.9. The lowest BCUT2D eigenvalue weighted by Crippen LogP contribution is -2.48. The second-order valence-electron chi connectivity index (χ2n) is 4.41. The number of urea groups is 1. The molecule has 0 aliphatic carbocycles. The van der Waals surface area contributed by atoms with Gasteiger partial charge in [-0.1, -0.05) is 0 Å². The first-order valence-electron chi connectivity index (χ1n) is 5.97. The third kappa shape index (κ3) is 6.15. The standard InChI is InChI=1S/C11H15F3N4O3/c1-18(3-2-11(12,13)14)10(21)17-8(9(19)20)4-7-5-15-6-16-7/h5-6,8H,2-4H2,1H3,(H,15,16)(H,17,21)(H,19,20). The van der Waals surface area contributed by atoms with Gasteiger partial charge in [0.2, 0.25) is 0 Å². The van der Waals surface area contributed by atoms with Gasteiger partial charge >= 0.3 is 18.2 Å². The van der Waals surface area contributed by atoms with Gasteiger partial charge in [-0.15, -0.1) is 0 Å². The van der Waals surface area contributed by atoms with Crippen LogP contribution >= 0.6 is 0 Å². The van der Waals surface area contributed by atoms with Crippen molar-refractivity contribution < 1.29 is 27.9 Å². The molecule has 10 heteroatoms. The van der Waals surface area contributed by atoms with Crippen molar-refractivity contribution in [3.63, 3.8) is 0 Å². The highest BCUT2D eigenvalue weighted by atomic mass is 19.4. The summed E-state index contributed by atoms with van der Waals surface area (Å²) in [6.07, 6.45) is -2.83. The lowest BCUT2D eigenvalue weighted by Gasteiger charge is -2.21. The minimum atomic E-state index is -4.38. The molecule has 0 aliphatic rings. The Morgan fingerprint density at radius 2 is 2.19 bits per heavy atom. The summed E-state index contributed by atoms with van der Waals surface area (Å²) in [5, 5.41) is 11.2. The monoisotopic (exact) mass is 308 g/mol. The smallest absolute Gasteiger partial charge is 0.390 e. The lowest BCUT2D eigenvalue weighted by molar-refractivity contribution is -0.140. The summed E-state index contributed by atoms with van der Waals surface area (Å²) in [6, 6.07) is -2.14. The topological polar surface area (TPSA) is 98.3 Å². The maximum absolute atomic E-state index is 12.1. The van der Waals surface area contributed by atoms with Crippen LogP contribution in [0.5, 0.6) is 0 Å². The van der Waals surface area contributed by atoms with Crippen LogP contribution in [0, 0.1) is 0 Å². The van der Waals surface area contributed by atoms with Crippen molar-refractivity contribution in [3.05, 3.63) is 18.2 Å². The highest BCUT2D eigenvalue weighted by molar-refractivity contribution is 5.82. The molecule has 0 aliphatic heterocycles. The van der Waals surface area contributed by atoms with Crippen molar-refractivity contribution >= 4 is 12.0 Å². The maximum atomic E-state index is 12.1. The number of hydrogen-bond donors (Lipinski definition) is 3. The van der Waals surface area contributed by atoms with Gasteiger partial charge in [-0.25, -0.2) is 14.6 Å². The molecule has 0 radical (unpaired) electrons. The van der Waals surface area contributed by atoms with E-state index in [1.165, 1.54) is 12.5 Å². The molecule has 2 amide bonds. The van der Waals surface area contributed by atoms with Crippen molar-refractivity contribution in [2.75, 3.05) is 13.6 Å². The fourth-order valence-electron chi connectivity index (χ4n) is 1.47. The van der Waals surface area contributed by atoms with Gasteiger partial charge in [0.05, 0.1) is 12.7 Å². The summed E-state index contributed by atoms with van der Waals surface area (Å²) >= 11 is 0. The van der Waals surface area contributed by atoms with E-state index >= 15 is 0 Å². The second kappa shape index (κ2) is 6.95. The predicted molar refractivity (Wildman–Crippen MR) is 65.5 cm³/mol. The minimum Gasteiger partial charge on any atom is -0.480 e. The Bertz CT molecular complexity index is 476. The number of amides is 2. The van der Waals surface area contributed by atoms with Crippen LogP contribution in [-0.4, -0.2) is 57.8 Å². The highest BCUT2D eigenvalue weighted by Crippen LogP contribution is 2.19. The van der Waals surface area contributed by atoms with Gasteiger partial charge in [0.1, 0.15) is 6.04 Å². The summed E-state index contributed by atoms with van der Waals surface area (Å²) in [5.41, 5.74) is 0.487. The van der Waals surface area contributed by atoms with Gasteiger partial charge in [0, 0.05) is 31.9 Å². The molecule has 1 heterocycles. The number of hydrogen-bond acceptors (Lipinski definition) is 3. The van der Waals surface area contributed by atoms with Gasteiger partial charge in [-0.05, 0) is 0 Å². The Kier molecular flexibility index (Phi) is 5.56. The number of H-pyrrole nitrogens is 1. The van der Waals surface area contributed by atoms with Crippen LogP contribution in [0.1, 0.15) is 12.1 Å². The van der Waals surface area contributed by atoms with E-state index in [0.717, 1.165) is 11.9 Å². The van der Waals surface area contributed by atoms with Crippen LogP contribution in [-0.2, 0) is 11.2 Å². The van der Waals surface area contributed by atoms with E-state index in [0.29, 0.717) is 5.69 Å². The van der Waals surface area contributed by atoms with E-state index in [2.05, 4.69) is 15.3 Å². The van der Waals surface area contributed by atoms with E-state index in [1.807, 2.05) is 0 Å². The van der Waals surface area contributed by atoms with E-state index in [1.54, 1.807) is 0 Å². The summed E-state index contributed by atoms with van der Waals surface area (Å²) < 4.78 is 36.2. The van der Waals surface area contributed by atoms with Gasteiger partial charge in [0.25, 0.3) is 0 Å². The average Bonchev–Trinajstić information content (AvgIpc) is 2.86.